The van der Waals surface area contributed by atoms with Crippen LogP contribution in [-0.2, 0) is 6.54 Å². The largest absolute Gasteiger partial charge is 0.326 e. The molecule has 0 saturated heterocycles. The fourth-order valence-electron chi connectivity index (χ4n) is 1.72. The van der Waals surface area contributed by atoms with Crippen molar-refractivity contribution >= 4 is 11.6 Å². The van der Waals surface area contributed by atoms with E-state index in [0.717, 1.165) is 12.1 Å². The molecule has 0 aliphatic carbocycles. The van der Waals surface area contributed by atoms with Crippen molar-refractivity contribution in [2.75, 3.05) is 0 Å². The van der Waals surface area contributed by atoms with E-state index in [9.17, 15) is 13.2 Å². The van der Waals surface area contributed by atoms with Crippen molar-refractivity contribution in [1.82, 2.24) is 0 Å². The third-order valence-electron chi connectivity index (χ3n) is 2.58. The van der Waals surface area contributed by atoms with E-state index in [4.69, 9.17) is 17.3 Å². The lowest BCUT2D eigenvalue weighted by Crippen LogP contribution is -2.00. The summed E-state index contributed by atoms with van der Waals surface area (Å²) in [5.74, 6) is -3.95. The molecule has 2 rings (SSSR count). The molecule has 0 spiro atoms. The molecular formula is C13H9ClF3N. The molecule has 0 unspecified atom stereocenters. The first-order valence-electron chi connectivity index (χ1n) is 5.16. The molecule has 1 nitrogen and oxygen atoms in total. The van der Waals surface area contributed by atoms with Gasteiger partial charge in [0.2, 0.25) is 0 Å². The Morgan fingerprint density at radius 3 is 2.17 bits per heavy atom. The quantitative estimate of drug-likeness (QED) is 0.824. The van der Waals surface area contributed by atoms with Crippen LogP contribution in [0.15, 0.2) is 30.3 Å². The molecule has 0 aliphatic rings. The van der Waals surface area contributed by atoms with Crippen LogP contribution in [0.25, 0.3) is 11.1 Å². The maximum atomic E-state index is 13.2. The van der Waals surface area contributed by atoms with Crippen LogP contribution in [-0.4, -0.2) is 0 Å². The normalized spacial score (nSPS) is 10.7. The Kier molecular flexibility index (Phi) is 3.59. The number of hydrogen-bond donors (Lipinski definition) is 1. The fourth-order valence-corrected chi connectivity index (χ4v) is 1.92. The van der Waals surface area contributed by atoms with Gasteiger partial charge in [-0.15, -0.1) is 0 Å². The molecule has 2 N–H and O–H groups in total. The third kappa shape index (κ3) is 2.35. The van der Waals surface area contributed by atoms with E-state index >= 15 is 0 Å². The summed E-state index contributed by atoms with van der Waals surface area (Å²) in [6.45, 7) is 0.163. The van der Waals surface area contributed by atoms with Crippen LogP contribution in [0, 0.1) is 17.5 Å². The SMILES string of the molecule is NCc1cc(Cl)ccc1-c1cc(F)c(F)c(F)c1. The first kappa shape index (κ1) is 12.9. The maximum Gasteiger partial charge on any atom is 0.194 e. The Balaban J connectivity index is 2.62. The van der Waals surface area contributed by atoms with Gasteiger partial charge in [-0.05, 0) is 41.0 Å². The van der Waals surface area contributed by atoms with Gasteiger partial charge in [0.1, 0.15) is 0 Å². The lowest BCUT2D eigenvalue weighted by atomic mass is 9.99. The molecule has 2 aromatic carbocycles. The molecule has 0 saturated carbocycles. The van der Waals surface area contributed by atoms with Gasteiger partial charge < -0.3 is 5.73 Å². The minimum absolute atomic E-state index is 0.163. The van der Waals surface area contributed by atoms with Crippen molar-refractivity contribution in [2.24, 2.45) is 5.73 Å². The number of benzene rings is 2. The average Bonchev–Trinajstić information content (AvgIpc) is 2.35. The van der Waals surface area contributed by atoms with Crippen molar-refractivity contribution in [3.05, 3.63) is 58.4 Å². The summed E-state index contributed by atoms with van der Waals surface area (Å²) in [7, 11) is 0. The van der Waals surface area contributed by atoms with E-state index in [0.29, 0.717) is 16.1 Å². The van der Waals surface area contributed by atoms with Gasteiger partial charge in [0.25, 0.3) is 0 Å². The second kappa shape index (κ2) is 5.00. The highest BCUT2D eigenvalue weighted by Crippen LogP contribution is 2.28. The molecule has 94 valence electrons. The van der Waals surface area contributed by atoms with Crippen LogP contribution < -0.4 is 5.73 Å². The summed E-state index contributed by atoms with van der Waals surface area (Å²) in [5.41, 5.74) is 6.93. The molecule has 0 amide bonds. The van der Waals surface area contributed by atoms with Crippen LogP contribution >= 0.6 is 11.6 Å². The summed E-state index contributed by atoms with van der Waals surface area (Å²) >= 11 is 5.81. The van der Waals surface area contributed by atoms with Crippen molar-refractivity contribution in [3.8, 4) is 11.1 Å². The average molecular weight is 272 g/mol. The van der Waals surface area contributed by atoms with Gasteiger partial charge in [0, 0.05) is 11.6 Å². The minimum Gasteiger partial charge on any atom is -0.326 e. The molecule has 0 aromatic heterocycles. The third-order valence-corrected chi connectivity index (χ3v) is 2.82. The highest BCUT2D eigenvalue weighted by molar-refractivity contribution is 6.30. The summed E-state index contributed by atoms with van der Waals surface area (Å²) in [5, 5.41) is 0.474. The highest BCUT2D eigenvalue weighted by Gasteiger charge is 2.13. The Bertz CT molecular complexity index is 576. The number of halogens is 4. The van der Waals surface area contributed by atoms with Gasteiger partial charge in [-0.3, -0.25) is 0 Å². The Morgan fingerprint density at radius 1 is 1.00 bits per heavy atom. The molecule has 0 radical (unpaired) electrons. The van der Waals surface area contributed by atoms with Crippen LogP contribution in [0.5, 0.6) is 0 Å². The molecule has 0 aliphatic heterocycles. The molecule has 0 heterocycles. The molecule has 0 atom stereocenters. The number of hydrogen-bond acceptors (Lipinski definition) is 1. The first-order valence-corrected chi connectivity index (χ1v) is 5.54. The second-order valence-corrected chi connectivity index (χ2v) is 4.20. The Morgan fingerprint density at radius 2 is 1.61 bits per heavy atom. The summed E-state index contributed by atoms with van der Waals surface area (Å²) in [6.07, 6.45) is 0. The van der Waals surface area contributed by atoms with Gasteiger partial charge in [0.15, 0.2) is 17.5 Å². The van der Waals surface area contributed by atoms with E-state index in [2.05, 4.69) is 0 Å². The van der Waals surface area contributed by atoms with Gasteiger partial charge in [-0.1, -0.05) is 17.7 Å². The van der Waals surface area contributed by atoms with Gasteiger partial charge in [-0.2, -0.15) is 0 Å². The summed E-state index contributed by atoms with van der Waals surface area (Å²) in [4.78, 5) is 0. The van der Waals surface area contributed by atoms with E-state index < -0.39 is 17.5 Å². The van der Waals surface area contributed by atoms with E-state index in [1.165, 1.54) is 0 Å². The van der Waals surface area contributed by atoms with Crippen molar-refractivity contribution < 1.29 is 13.2 Å². The molecule has 0 fully saturated rings. The zero-order valence-electron chi connectivity index (χ0n) is 9.18. The highest BCUT2D eigenvalue weighted by atomic mass is 35.5. The number of nitrogens with two attached hydrogens (primary N) is 1. The van der Waals surface area contributed by atoms with Gasteiger partial charge in [0.05, 0.1) is 0 Å². The summed E-state index contributed by atoms with van der Waals surface area (Å²) in [6, 6.07) is 6.64. The fraction of sp³-hybridized carbons (Fsp3) is 0.0769. The van der Waals surface area contributed by atoms with E-state index in [-0.39, 0.29) is 12.1 Å². The monoisotopic (exact) mass is 271 g/mol. The van der Waals surface area contributed by atoms with Gasteiger partial charge >= 0.3 is 0 Å². The standard InChI is InChI=1S/C13H9ClF3N/c14-9-1-2-10(8(3-9)6-18)7-4-11(15)13(17)12(16)5-7/h1-5H,6,18H2. The van der Waals surface area contributed by atoms with E-state index in [1.807, 2.05) is 0 Å². The molecule has 0 bridgehead atoms. The van der Waals surface area contributed by atoms with Crippen LogP contribution in [0.4, 0.5) is 13.2 Å². The minimum atomic E-state index is -1.48. The van der Waals surface area contributed by atoms with Crippen LogP contribution in [0.2, 0.25) is 5.02 Å². The maximum absolute atomic E-state index is 13.2. The smallest absolute Gasteiger partial charge is 0.194 e. The molecule has 18 heavy (non-hydrogen) atoms. The molecule has 5 heteroatoms. The Labute approximate surface area is 107 Å². The zero-order valence-corrected chi connectivity index (χ0v) is 9.94. The predicted molar refractivity (Wildman–Crippen MR) is 64.7 cm³/mol. The van der Waals surface area contributed by atoms with Crippen LogP contribution in [0.1, 0.15) is 5.56 Å². The Hall–Kier alpha value is -1.52. The number of rotatable bonds is 2. The van der Waals surface area contributed by atoms with Crippen molar-refractivity contribution in [3.63, 3.8) is 0 Å². The van der Waals surface area contributed by atoms with Gasteiger partial charge in [-0.25, -0.2) is 13.2 Å². The first-order chi connectivity index (χ1) is 8.52. The topological polar surface area (TPSA) is 26.0 Å². The van der Waals surface area contributed by atoms with Crippen LogP contribution in [0.3, 0.4) is 0 Å². The predicted octanol–water partition coefficient (Wildman–Crippen LogP) is 3.88. The lowest BCUT2D eigenvalue weighted by molar-refractivity contribution is 0.447. The second-order valence-electron chi connectivity index (χ2n) is 3.76. The van der Waals surface area contributed by atoms with Crippen molar-refractivity contribution in [2.45, 2.75) is 6.54 Å². The molecule has 2 aromatic rings. The van der Waals surface area contributed by atoms with E-state index in [1.54, 1.807) is 18.2 Å². The summed E-state index contributed by atoms with van der Waals surface area (Å²) < 4.78 is 39.2. The lowest BCUT2D eigenvalue weighted by Gasteiger charge is -2.09. The zero-order chi connectivity index (χ0) is 13.3. The van der Waals surface area contributed by atoms with Crippen molar-refractivity contribution in [1.29, 1.82) is 0 Å². The molecular weight excluding hydrogens is 263 g/mol.